The van der Waals surface area contributed by atoms with Crippen molar-refractivity contribution in [3.63, 3.8) is 0 Å². The normalized spacial score (nSPS) is 17.6. The van der Waals surface area contributed by atoms with Gasteiger partial charge in [0.1, 0.15) is 11.2 Å². The third kappa shape index (κ3) is 5.71. The molecule has 0 saturated carbocycles. The molecule has 30 heavy (non-hydrogen) atoms. The Labute approximate surface area is 186 Å². The van der Waals surface area contributed by atoms with Crippen LogP contribution in [0, 0.1) is 0 Å². The Kier molecular flexibility index (Phi) is 7.00. The molecular formula is C22H26BBrN2O4. The molecular weight excluding hydrogens is 447 g/mol. The Hall–Kier alpha value is -2.16. The number of benzene rings is 1. The lowest BCUT2D eigenvalue weighted by atomic mass is 9.77. The molecule has 1 aliphatic heterocycles. The highest BCUT2D eigenvalue weighted by Gasteiger charge is 2.52. The number of rotatable bonds is 6. The topological polar surface area (TPSA) is 69.7 Å². The van der Waals surface area contributed by atoms with Crippen LogP contribution in [0.25, 0.3) is 6.08 Å². The van der Waals surface area contributed by atoms with Crippen LogP contribution in [-0.4, -0.2) is 35.9 Å². The van der Waals surface area contributed by atoms with Gasteiger partial charge in [0.2, 0.25) is 0 Å². The molecule has 6 nitrogen and oxygen atoms in total. The first-order chi connectivity index (χ1) is 14.2. The van der Waals surface area contributed by atoms with Gasteiger partial charge in [-0.15, -0.1) is 0 Å². The van der Waals surface area contributed by atoms with Gasteiger partial charge in [0, 0.05) is 12.7 Å². The zero-order chi connectivity index (χ0) is 21.8. The van der Waals surface area contributed by atoms with E-state index in [9.17, 15) is 4.79 Å². The summed E-state index contributed by atoms with van der Waals surface area (Å²) in [4.78, 5) is 16.5. The number of nitrogens with zero attached hydrogens (tertiary/aromatic N) is 1. The number of carbonyl (C=O) groups is 1. The maximum absolute atomic E-state index is 12.2. The van der Waals surface area contributed by atoms with E-state index in [1.165, 1.54) is 0 Å². The van der Waals surface area contributed by atoms with Crippen molar-refractivity contribution < 1.29 is 18.8 Å². The smallest absolute Gasteiger partial charge is 0.445 e. The van der Waals surface area contributed by atoms with E-state index in [1.54, 1.807) is 6.20 Å². The fourth-order valence-corrected chi connectivity index (χ4v) is 3.07. The van der Waals surface area contributed by atoms with Crippen molar-refractivity contribution in [3.05, 3.63) is 69.9 Å². The minimum Gasteiger partial charge on any atom is -0.445 e. The molecule has 0 radical (unpaired) electrons. The first-order valence-corrected chi connectivity index (χ1v) is 10.6. The molecule has 1 aromatic heterocycles. The van der Waals surface area contributed by atoms with Crippen molar-refractivity contribution in [1.29, 1.82) is 0 Å². The van der Waals surface area contributed by atoms with Crippen LogP contribution in [0.2, 0.25) is 0 Å². The van der Waals surface area contributed by atoms with Gasteiger partial charge in [0.15, 0.2) is 0 Å². The van der Waals surface area contributed by atoms with Crippen LogP contribution in [0.1, 0.15) is 38.8 Å². The van der Waals surface area contributed by atoms with E-state index >= 15 is 0 Å². The first-order valence-electron chi connectivity index (χ1n) is 9.78. The average Bonchev–Trinajstić information content (AvgIpc) is 2.93. The summed E-state index contributed by atoms with van der Waals surface area (Å²) < 4.78 is 18.4. The van der Waals surface area contributed by atoms with Gasteiger partial charge in [-0.1, -0.05) is 42.5 Å². The van der Waals surface area contributed by atoms with Gasteiger partial charge in [-0.05, 0) is 66.3 Å². The van der Waals surface area contributed by atoms with Gasteiger partial charge < -0.3 is 19.4 Å². The third-order valence-electron chi connectivity index (χ3n) is 5.31. The van der Waals surface area contributed by atoms with Crippen LogP contribution in [-0.2, 0) is 20.7 Å². The van der Waals surface area contributed by atoms with E-state index in [0.29, 0.717) is 0 Å². The molecule has 1 fully saturated rings. The molecule has 8 heteroatoms. The van der Waals surface area contributed by atoms with E-state index in [1.807, 2.05) is 76.2 Å². The van der Waals surface area contributed by atoms with E-state index < -0.39 is 24.4 Å². The largest absolute Gasteiger partial charge is 0.492 e. The summed E-state index contributed by atoms with van der Waals surface area (Å²) in [6.07, 6.45) is 3.15. The standard InChI is InChI=1S/C22H26BBrN2O4/c1-21(2)22(3,4)30-23(29-21)18(12-17-10-11-19(24)25-13-17)14-26-20(27)28-15-16-8-6-5-7-9-16/h5-13H,14-15H2,1-4H3,(H,26,27). The summed E-state index contributed by atoms with van der Waals surface area (Å²) in [5, 5.41) is 2.80. The number of halogens is 1. The molecule has 0 atom stereocenters. The summed E-state index contributed by atoms with van der Waals surface area (Å²) in [5.74, 6) is 0. The number of hydrogen-bond acceptors (Lipinski definition) is 5. The second-order valence-electron chi connectivity index (χ2n) is 8.14. The van der Waals surface area contributed by atoms with Crippen molar-refractivity contribution in [3.8, 4) is 0 Å². The number of carbonyl (C=O) groups excluding carboxylic acids is 1. The quantitative estimate of drug-likeness (QED) is 0.483. The number of nitrogens with one attached hydrogen (secondary N) is 1. The number of hydrogen-bond donors (Lipinski definition) is 1. The summed E-state index contributed by atoms with van der Waals surface area (Å²) in [6.45, 7) is 8.40. The van der Waals surface area contributed by atoms with Crippen LogP contribution in [0.5, 0.6) is 0 Å². The zero-order valence-electron chi connectivity index (χ0n) is 17.6. The lowest BCUT2D eigenvalue weighted by Crippen LogP contribution is -2.41. The maximum Gasteiger partial charge on any atom is 0.492 e. The number of amides is 1. The average molecular weight is 473 g/mol. The molecule has 158 valence electrons. The second-order valence-corrected chi connectivity index (χ2v) is 8.95. The molecule has 1 amide bonds. The number of pyridine rings is 1. The Morgan fingerprint density at radius 1 is 1.13 bits per heavy atom. The Balaban J connectivity index is 1.70. The molecule has 0 bridgehead atoms. The van der Waals surface area contributed by atoms with E-state index in [4.69, 9.17) is 14.0 Å². The molecule has 0 unspecified atom stereocenters. The molecule has 1 N–H and O–H groups in total. The van der Waals surface area contributed by atoms with Gasteiger partial charge in [0.05, 0.1) is 11.2 Å². The predicted octanol–water partition coefficient (Wildman–Crippen LogP) is 4.79. The van der Waals surface area contributed by atoms with Crippen LogP contribution >= 0.6 is 15.9 Å². The fourth-order valence-electron chi connectivity index (χ4n) is 2.83. The molecule has 0 spiro atoms. The molecule has 2 heterocycles. The molecule has 2 aromatic rings. The highest BCUT2D eigenvalue weighted by molar-refractivity contribution is 9.10. The molecule has 1 aromatic carbocycles. The van der Waals surface area contributed by atoms with E-state index in [2.05, 4.69) is 26.2 Å². The summed E-state index contributed by atoms with van der Waals surface area (Å²) >= 11 is 3.34. The van der Waals surface area contributed by atoms with Gasteiger partial charge in [-0.2, -0.15) is 0 Å². The van der Waals surface area contributed by atoms with Crippen LogP contribution in [0.15, 0.2) is 58.7 Å². The Morgan fingerprint density at radius 2 is 1.80 bits per heavy atom. The zero-order valence-corrected chi connectivity index (χ0v) is 19.2. The van der Waals surface area contributed by atoms with Crippen LogP contribution in [0.3, 0.4) is 0 Å². The Bertz CT molecular complexity index is 885. The van der Waals surface area contributed by atoms with Gasteiger partial charge in [-0.25, -0.2) is 9.78 Å². The van der Waals surface area contributed by atoms with Crippen molar-refractivity contribution in [2.45, 2.75) is 45.5 Å². The van der Waals surface area contributed by atoms with Crippen molar-refractivity contribution >= 4 is 35.2 Å². The van der Waals surface area contributed by atoms with Gasteiger partial charge in [-0.3, -0.25) is 0 Å². The number of ether oxygens (including phenoxy) is 1. The highest BCUT2D eigenvalue weighted by Crippen LogP contribution is 2.38. The maximum atomic E-state index is 12.2. The lowest BCUT2D eigenvalue weighted by Gasteiger charge is -2.32. The Morgan fingerprint density at radius 3 is 2.40 bits per heavy atom. The SMILES string of the molecule is CC1(C)OB(C(=Cc2ccc(Br)nc2)CNC(=O)OCc2ccccc2)OC1(C)C. The lowest BCUT2D eigenvalue weighted by molar-refractivity contribution is 0.00578. The number of aromatic nitrogens is 1. The van der Waals surface area contributed by atoms with Crippen molar-refractivity contribution in [2.75, 3.05) is 6.54 Å². The van der Waals surface area contributed by atoms with Crippen LogP contribution < -0.4 is 5.32 Å². The highest BCUT2D eigenvalue weighted by atomic mass is 79.9. The minimum absolute atomic E-state index is 0.207. The third-order valence-corrected chi connectivity index (χ3v) is 5.78. The fraction of sp³-hybridized carbons (Fsp3) is 0.364. The summed E-state index contributed by atoms with van der Waals surface area (Å²) in [5.41, 5.74) is 1.61. The van der Waals surface area contributed by atoms with Crippen molar-refractivity contribution in [1.82, 2.24) is 10.3 Å². The van der Waals surface area contributed by atoms with Gasteiger partial charge >= 0.3 is 13.2 Å². The molecule has 0 aliphatic carbocycles. The van der Waals surface area contributed by atoms with Crippen LogP contribution in [0.4, 0.5) is 4.79 Å². The molecule has 1 aliphatic rings. The minimum atomic E-state index is -0.590. The van der Waals surface area contributed by atoms with Crippen molar-refractivity contribution in [2.24, 2.45) is 0 Å². The second kappa shape index (κ2) is 9.33. The van der Waals surface area contributed by atoms with E-state index in [-0.39, 0.29) is 13.2 Å². The van der Waals surface area contributed by atoms with Gasteiger partial charge in [0.25, 0.3) is 0 Å². The molecule has 3 rings (SSSR count). The van der Waals surface area contributed by atoms with E-state index in [0.717, 1.165) is 21.2 Å². The summed E-state index contributed by atoms with van der Waals surface area (Å²) in [7, 11) is -0.590. The molecule has 1 saturated heterocycles. The summed E-state index contributed by atoms with van der Waals surface area (Å²) in [6, 6.07) is 13.3. The number of alkyl carbamates (subject to hydrolysis) is 1. The predicted molar refractivity (Wildman–Crippen MR) is 121 cm³/mol. The first kappa shape index (κ1) is 22.5. The monoisotopic (exact) mass is 472 g/mol.